The van der Waals surface area contributed by atoms with Crippen LogP contribution in [0.15, 0.2) is 48.7 Å². The second-order valence-corrected chi connectivity index (χ2v) is 9.01. The molecule has 3 N–H and O–H groups in total. The molecule has 1 aromatic carbocycles. The van der Waals surface area contributed by atoms with Gasteiger partial charge in [0.1, 0.15) is 12.4 Å². The average molecular weight is 481 g/mol. The van der Waals surface area contributed by atoms with Gasteiger partial charge in [-0.25, -0.2) is 0 Å². The highest BCUT2D eigenvalue weighted by molar-refractivity contribution is 5.97. The molecule has 1 saturated heterocycles. The Morgan fingerprint density at radius 2 is 2.00 bits per heavy atom. The van der Waals surface area contributed by atoms with Gasteiger partial charge in [-0.15, -0.1) is 0 Å². The molecule has 35 heavy (non-hydrogen) atoms. The van der Waals surface area contributed by atoms with Gasteiger partial charge < -0.3 is 20.7 Å². The summed E-state index contributed by atoms with van der Waals surface area (Å²) in [5, 5.41) is 12.8. The third-order valence-corrected chi connectivity index (χ3v) is 6.32. The Balaban J connectivity index is 1.44. The molecule has 2 aromatic rings. The minimum Gasteiger partial charge on any atom is -0.489 e. The van der Waals surface area contributed by atoms with Crippen molar-refractivity contribution in [1.82, 2.24) is 25.3 Å². The molecule has 1 fully saturated rings. The molecule has 0 bridgehead atoms. The molecule has 4 rings (SSSR count). The number of rotatable bonds is 3. The molecule has 0 radical (unpaired) electrons. The molecule has 0 aliphatic carbocycles. The first-order valence-electron chi connectivity index (χ1n) is 11.9. The van der Waals surface area contributed by atoms with Gasteiger partial charge in [-0.3, -0.25) is 24.0 Å². The van der Waals surface area contributed by atoms with Gasteiger partial charge in [0.2, 0.25) is 11.8 Å². The van der Waals surface area contributed by atoms with Gasteiger partial charge in [0, 0.05) is 38.9 Å². The minimum atomic E-state index is -0.661. The topological polar surface area (TPSA) is 118 Å². The zero-order valence-corrected chi connectivity index (χ0v) is 20.0. The molecule has 1 aromatic heterocycles. The minimum absolute atomic E-state index is 0.0652. The van der Waals surface area contributed by atoms with Crippen molar-refractivity contribution in [2.24, 2.45) is 12.5 Å². The fourth-order valence-corrected chi connectivity index (χ4v) is 4.60. The van der Waals surface area contributed by atoms with Crippen LogP contribution in [0, 0.1) is 5.41 Å². The molecule has 1 unspecified atom stereocenters. The lowest BCUT2D eigenvalue weighted by atomic mass is 9.76. The number of nitrogens with zero attached hydrogens (tertiary/aromatic N) is 3. The molecule has 2 aliphatic rings. The number of hydrogen-bond acceptors (Lipinski definition) is 6. The SMILES string of the molecule is Cn1ccc(NC(=O)CN2CCCC3(C/C=C\COc4ccccc4C(=O)NCCNC3=O)C2)n1. The first kappa shape index (κ1) is 24.5. The van der Waals surface area contributed by atoms with Gasteiger partial charge in [0.05, 0.1) is 17.5 Å². The number of aromatic nitrogens is 2. The summed E-state index contributed by atoms with van der Waals surface area (Å²) in [7, 11) is 1.79. The molecule has 3 amide bonds. The molecule has 186 valence electrons. The second-order valence-electron chi connectivity index (χ2n) is 9.01. The van der Waals surface area contributed by atoms with Gasteiger partial charge >= 0.3 is 0 Å². The average Bonchev–Trinajstić information content (AvgIpc) is 3.25. The van der Waals surface area contributed by atoms with Gasteiger partial charge in [-0.1, -0.05) is 24.3 Å². The van der Waals surface area contributed by atoms with E-state index in [1.54, 1.807) is 42.2 Å². The number of carbonyl (C=O) groups is 3. The quantitative estimate of drug-likeness (QED) is 0.571. The normalized spacial score (nSPS) is 22.8. The van der Waals surface area contributed by atoms with Crippen LogP contribution in [0.3, 0.4) is 0 Å². The first-order valence-corrected chi connectivity index (χ1v) is 11.9. The number of amides is 3. The number of aryl methyl sites for hydroxylation is 1. The second kappa shape index (κ2) is 11.2. The first-order chi connectivity index (χ1) is 16.9. The fraction of sp³-hybridized carbons (Fsp3) is 0.440. The number of piperidine rings is 1. The summed E-state index contributed by atoms with van der Waals surface area (Å²) in [4.78, 5) is 40.5. The number of nitrogens with one attached hydrogen (secondary N) is 3. The Bertz CT molecular complexity index is 1100. The Labute approximate surface area is 204 Å². The van der Waals surface area contributed by atoms with Crippen LogP contribution in [0.25, 0.3) is 0 Å². The zero-order chi connectivity index (χ0) is 24.7. The van der Waals surface area contributed by atoms with Crippen LogP contribution in [-0.2, 0) is 16.6 Å². The Kier molecular flexibility index (Phi) is 7.81. The third-order valence-electron chi connectivity index (χ3n) is 6.32. The van der Waals surface area contributed by atoms with E-state index in [0.29, 0.717) is 43.2 Å². The monoisotopic (exact) mass is 480 g/mol. The van der Waals surface area contributed by atoms with Crippen molar-refractivity contribution in [3.05, 3.63) is 54.2 Å². The van der Waals surface area contributed by atoms with E-state index in [2.05, 4.69) is 21.0 Å². The molecule has 10 nitrogen and oxygen atoms in total. The van der Waals surface area contributed by atoms with Gasteiger partial charge in [0.25, 0.3) is 5.91 Å². The van der Waals surface area contributed by atoms with Crippen LogP contribution in [-0.4, -0.2) is 71.7 Å². The summed E-state index contributed by atoms with van der Waals surface area (Å²) in [5.41, 5.74) is -0.195. The third kappa shape index (κ3) is 6.27. The van der Waals surface area contributed by atoms with E-state index in [4.69, 9.17) is 4.74 Å². The van der Waals surface area contributed by atoms with Crippen LogP contribution < -0.4 is 20.7 Å². The van der Waals surface area contributed by atoms with Crippen LogP contribution in [0.1, 0.15) is 29.6 Å². The maximum absolute atomic E-state index is 13.3. The van der Waals surface area contributed by atoms with Crippen molar-refractivity contribution in [3.63, 3.8) is 0 Å². The number of allylic oxidation sites excluding steroid dienone is 1. The van der Waals surface area contributed by atoms with Crippen molar-refractivity contribution >= 4 is 23.5 Å². The number of carbonyl (C=O) groups excluding carboxylic acids is 3. The molecule has 0 saturated carbocycles. The van der Waals surface area contributed by atoms with Crippen molar-refractivity contribution in [2.75, 3.05) is 44.6 Å². The molecule has 10 heteroatoms. The zero-order valence-electron chi connectivity index (χ0n) is 20.0. The predicted octanol–water partition coefficient (Wildman–Crippen LogP) is 1.33. The lowest BCUT2D eigenvalue weighted by Crippen LogP contribution is -2.53. The number of anilines is 1. The van der Waals surface area contributed by atoms with Crippen LogP contribution in [0.2, 0.25) is 0 Å². The number of ether oxygens (including phenoxy) is 1. The lowest BCUT2D eigenvalue weighted by Gasteiger charge is -2.41. The highest BCUT2D eigenvalue weighted by atomic mass is 16.5. The number of para-hydroxylation sites is 1. The van der Waals surface area contributed by atoms with E-state index < -0.39 is 5.41 Å². The van der Waals surface area contributed by atoms with Crippen molar-refractivity contribution in [1.29, 1.82) is 0 Å². The van der Waals surface area contributed by atoms with E-state index >= 15 is 0 Å². The molecule has 1 spiro atoms. The smallest absolute Gasteiger partial charge is 0.255 e. The molecular formula is C25H32N6O4. The summed E-state index contributed by atoms with van der Waals surface area (Å²) >= 11 is 0. The largest absolute Gasteiger partial charge is 0.489 e. The van der Waals surface area contributed by atoms with Crippen molar-refractivity contribution in [3.8, 4) is 5.75 Å². The van der Waals surface area contributed by atoms with E-state index in [-0.39, 0.29) is 30.9 Å². The summed E-state index contributed by atoms with van der Waals surface area (Å²) in [6.07, 6.45) is 7.67. The summed E-state index contributed by atoms with van der Waals surface area (Å²) in [6, 6.07) is 8.85. The van der Waals surface area contributed by atoms with E-state index in [1.807, 2.05) is 23.1 Å². The Morgan fingerprint density at radius 3 is 2.83 bits per heavy atom. The van der Waals surface area contributed by atoms with Crippen LogP contribution in [0.5, 0.6) is 5.75 Å². The maximum Gasteiger partial charge on any atom is 0.255 e. The predicted molar refractivity (Wildman–Crippen MR) is 131 cm³/mol. The molecule has 2 aliphatic heterocycles. The van der Waals surface area contributed by atoms with E-state index in [0.717, 1.165) is 19.4 Å². The van der Waals surface area contributed by atoms with Crippen molar-refractivity contribution < 1.29 is 19.1 Å². The Hall–Kier alpha value is -3.66. The Morgan fingerprint density at radius 1 is 1.17 bits per heavy atom. The van der Waals surface area contributed by atoms with Crippen LogP contribution in [0.4, 0.5) is 5.82 Å². The van der Waals surface area contributed by atoms with Crippen LogP contribution >= 0.6 is 0 Å². The lowest BCUT2D eigenvalue weighted by molar-refractivity contribution is -0.135. The number of hydrogen-bond donors (Lipinski definition) is 3. The molecule has 1 atom stereocenters. The van der Waals surface area contributed by atoms with E-state index in [9.17, 15) is 14.4 Å². The van der Waals surface area contributed by atoms with E-state index in [1.165, 1.54) is 0 Å². The summed E-state index contributed by atoms with van der Waals surface area (Å²) in [5.74, 6) is 0.560. The summed E-state index contributed by atoms with van der Waals surface area (Å²) in [6.45, 7) is 2.31. The molecule has 3 heterocycles. The summed E-state index contributed by atoms with van der Waals surface area (Å²) < 4.78 is 7.45. The maximum atomic E-state index is 13.3. The number of likely N-dealkylation sites (tertiary alicyclic amines) is 1. The van der Waals surface area contributed by atoms with Gasteiger partial charge in [-0.2, -0.15) is 5.10 Å². The number of benzene rings is 1. The highest BCUT2D eigenvalue weighted by Gasteiger charge is 2.41. The van der Waals surface area contributed by atoms with Gasteiger partial charge in [0.15, 0.2) is 5.82 Å². The fourth-order valence-electron chi connectivity index (χ4n) is 4.60. The molecular weight excluding hydrogens is 448 g/mol. The van der Waals surface area contributed by atoms with Gasteiger partial charge in [-0.05, 0) is 37.9 Å². The van der Waals surface area contributed by atoms with Crippen molar-refractivity contribution in [2.45, 2.75) is 19.3 Å². The highest BCUT2D eigenvalue weighted by Crippen LogP contribution is 2.34. The standard InChI is InChI=1S/C25H32N6O4/c1-30-15-9-21(29-30)28-22(32)17-31-14-6-11-25(18-31)10-4-5-16-35-20-8-3-2-7-19(20)23(33)26-12-13-27-24(25)34/h2-5,7-9,15H,6,10-14,16-18H2,1H3,(H,26,33)(H,27,34)(H,28,29,32)/b5-4-. The number of fused-ring (bicyclic) bond motifs is 1.